The number of fused-ring (bicyclic) bond motifs is 1. The maximum absolute atomic E-state index is 11.7. The summed E-state index contributed by atoms with van der Waals surface area (Å²) in [5.74, 6) is 0. The van der Waals surface area contributed by atoms with Crippen molar-refractivity contribution in [3.63, 3.8) is 0 Å². The van der Waals surface area contributed by atoms with Gasteiger partial charge in [0.15, 0.2) is 0 Å². The van der Waals surface area contributed by atoms with Crippen LogP contribution >= 0.6 is 0 Å². The molecule has 2 aromatic rings. The van der Waals surface area contributed by atoms with Crippen molar-refractivity contribution in [2.24, 2.45) is 0 Å². The van der Waals surface area contributed by atoms with Gasteiger partial charge in [0.2, 0.25) is 0 Å². The van der Waals surface area contributed by atoms with Gasteiger partial charge in [-0.3, -0.25) is 0 Å². The van der Waals surface area contributed by atoms with Crippen LogP contribution in [0.2, 0.25) is 0 Å². The average Bonchev–Trinajstić information content (AvgIpc) is 2.81. The third kappa shape index (κ3) is 13.6. The van der Waals surface area contributed by atoms with E-state index in [0.717, 1.165) is 42.0 Å². The number of unbranched alkanes of at least 4 members (excludes halogenated alkanes) is 14. The van der Waals surface area contributed by atoms with Crippen molar-refractivity contribution in [1.82, 2.24) is 0 Å². The molecule has 0 atom stereocenters. The first-order valence-electron chi connectivity index (χ1n) is 14.0. The number of hydrogen-bond acceptors (Lipinski definition) is 3. The molecule has 2 rings (SSSR count). The molecule has 0 unspecified atom stereocenters. The summed E-state index contributed by atoms with van der Waals surface area (Å²) in [6, 6.07) is 9.52. The monoisotopic (exact) mass is 526 g/mol. The van der Waals surface area contributed by atoms with Crippen LogP contribution in [0.3, 0.4) is 0 Å². The fraction of sp³-hybridized carbons (Fsp3) is 0.667. The summed E-state index contributed by atoms with van der Waals surface area (Å²) in [7, 11) is -4.45. The molecule has 192 valence electrons. The van der Waals surface area contributed by atoms with E-state index in [2.05, 4.69) is 26.0 Å². The van der Waals surface area contributed by atoms with E-state index in [0.29, 0.717) is 0 Å². The van der Waals surface area contributed by atoms with E-state index in [4.69, 9.17) is 0 Å². The summed E-state index contributed by atoms with van der Waals surface area (Å²) >= 11 is 0. The first-order valence-corrected chi connectivity index (χ1v) is 15.4. The van der Waals surface area contributed by atoms with E-state index in [1.165, 1.54) is 95.5 Å². The van der Waals surface area contributed by atoms with Crippen LogP contribution in [0.25, 0.3) is 10.8 Å². The van der Waals surface area contributed by atoms with Crippen molar-refractivity contribution >= 4 is 20.9 Å². The molecule has 0 radical (unpaired) electrons. The van der Waals surface area contributed by atoms with Gasteiger partial charge in [-0.1, -0.05) is 122 Å². The Labute approximate surface area is 258 Å². The Hall–Kier alpha value is 0.246. The minimum absolute atomic E-state index is 0. The molecule has 5 heteroatoms. The zero-order valence-electron chi connectivity index (χ0n) is 22.7. The van der Waals surface area contributed by atoms with Gasteiger partial charge in [0.25, 0.3) is 0 Å². The van der Waals surface area contributed by atoms with E-state index in [1.54, 1.807) is 12.1 Å². The minimum Gasteiger partial charge on any atom is -0.744 e. The Morgan fingerprint density at radius 3 is 1.63 bits per heavy atom. The van der Waals surface area contributed by atoms with Crippen molar-refractivity contribution in [2.75, 3.05) is 0 Å². The number of hydrogen-bond donors (Lipinski definition) is 0. The van der Waals surface area contributed by atoms with Gasteiger partial charge < -0.3 is 4.55 Å². The average molecular weight is 527 g/mol. The van der Waals surface area contributed by atoms with E-state index >= 15 is 0 Å². The quantitative estimate of drug-likeness (QED) is 0.126. The Balaban J connectivity index is 0.00000612. The van der Waals surface area contributed by atoms with Crippen LogP contribution in [-0.2, 0) is 23.0 Å². The Kier molecular flexibility index (Phi) is 18.4. The second-order valence-corrected chi connectivity index (χ2v) is 11.4. The van der Waals surface area contributed by atoms with Crippen LogP contribution in [0.4, 0.5) is 0 Å². The van der Waals surface area contributed by atoms with Gasteiger partial charge in [0.1, 0.15) is 10.1 Å². The molecular weight excluding hydrogens is 479 g/mol. The van der Waals surface area contributed by atoms with Gasteiger partial charge in [-0.15, -0.1) is 0 Å². The molecule has 0 amide bonds. The molecule has 0 aliphatic heterocycles. The molecule has 0 heterocycles. The Bertz CT molecular complexity index is 940. The molecule has 35 heavy (non-hydrogen) atoms. The van der Waals surface area contributed by atoms with Gasteiger partial charge in [-0.25, -0.2) is 8.42 Å². The standard InChI is InChI=1S/C30H48O3S.K/c1-3-5-7-9-11-13-15-17-19-26-21-22-28-25-29(34(31,32)33)24-27(30(28)23-26)20-18-16-14-12-10-8-6-4-2;/h21-25H,3-20H2,1-2H3,(H,31,32,33);/q;+1/p-1. The molecule has 0 aliphatic rings. The third-order valence-corrected chi connectivity index (χ3v) is 7.80. The molecule has 0 spiro atoms. The van der Waals surface area contributed by atoms with Gasteiger partial charge in [0, 0.05) is 0 Å². The van der Waals surface area contributed by atoms with Gasteiger partial charge in [0.05, 0.1) is 4.90 Å². The van der Waals surface area contributed by atoms with E-state index < -0.39 is 10.1 Å². The zero-order valence-corrected chi connectivity index (χ0v) is 26.7. The second kappa shape index (κ2) is 19.3. The van der Waals surface area contributed by atoms with Crippen molar-refractivity contribution in [2.45, 2.75) is 134 Å². The van der Waals surface area contributed by atoms with E-state index in [9.17, 15) is 13.0 Å². The number of benzene rings is 2. The van der Waals surface area contributed by atoms with Crippen molar-refractivity contribution in [1.29, 1.82) is 0 Å². The summed E-state index contributed by atoms with van der Waals surface area (Å²) in [6.45, 7) is 4.49. The first-order chi connectivity index (χ1) is 16.5. The summed E-state index contributed by atoms with van der Waals surface area (Å²) in [6.07, 6.45) is 22.3. The predicted molar refractivity (Wildman–Crippen MR) is 145 cm³/mol. The van der Waals surface area contributed by atoms with Crippen molar-refractivity contribution in [3.05, 3.63) is 41.5 Å². The smallest absolute Gasteiger partial charge is 0.744 e. The molecule has 0 saturated heterocycles. The fourth-order valence-electron chi connectivity index (χ4n) is 4.87. The summed E-state index contributed by atoms with van der Waals surface area (Å²) < 4.78 is 35.2. The van der Waals surface area contributed by atoms with Crippen LogP contribution in [-0.4, -0.2) is 13.0 Å². The summed E-state index contributed by atoms with van der Waals surface area (Å²) in [5, 5.41) is 1.98. The number of rotatable bonds is 19. The van der Waals surface area contributed by atoms with Crippen molar-refractivity contribution < 1.29 is 64.4 Å². The van der Waals surface area contributed by atoms with Crippen LogP contribution in [0.5, 0.6) is 0 Å². The fourth-order valence-corrected chi connectivity index (χ4v) is 5.43. The summed E-state index contributed by atoms with van der Waals surface area (Å²) in [5.41, 5.74) is 2.32. The maximum atomic E-state index is 11.7. The van der Waals surface area contributed by atoms with Crippen LogP contribution < -0.4 is 51.4 Å². The Morgan fingerprint density at radius 2 is 1.11 bits per heavy atom. The SMILES string of the molecule is CCCCCCCCCCc1ccc2cc(S(=O)(=O)[O-])cc(CCCCCCCCCC)c2c1.[K+]. The molecule has 0 saturated carbocycles. The van der Waals surface area contributed by atoms with Gasteiger partial charge >= 0.3 is 51.4 Å². The van der Waals surface area contributed by atoms with E-state index in [-0.39, 0.29) is 56.3 Å². The molecule has 0 aliphatic carbocycles. The van der Waals surface area contributed by atoms with Crippen LogP contribution in [0.15, 0.2) is 35.2 Å². The molecule has 0 aromatic heterocycles. The van der Waals surface area contributed by atoms with Gasteiger partial charge in [-0.2, -0.15) is 0 Å². The molecular formula is C30H47KO3S. The van der Waals surface area contributed by atoms with E-state index in [1.807, 2.05) is 6.07 Å². The molecule has 0 bridgehead atoms. The molecule has 3 nitrogen and oxygen atoms in total. The topological polar surface area (TPSA) is 57.2 Å². The minimum atomic E-state index is -4.45. The largest absolute Gasteiger partial charge is 1.00 e. The zero-order chi connectivity index (χ0) is 24.7. The van der Waals surface area contributed by atoms with Gasteiger partial charge in [-0.05, 0) is 59.7 Å². The second-order valence-electron chi connectivity index (χ2n) is 10.0. The Morgan fingerprint density at radius 1 is 0.629 bits per heavy atom. The molecule has 2 aromatic carbocycles. The number of aryl methyl sites for hydroxylation is 2. The molecule has 0 fully saturated rings. The predicted octanol–water partition coefficient (Wildman–Crippen LogP) is 6.11. The normalized spacial score (nSPS) is 11.6. The molecule has 0 N–H and O–H groups in total. The van der Waals surface area contributed by atoms with Crippen molar-refractivity contribution in [3.8, 4) is 0 Å². The maximum Gasteiger partial charge on any atom is 1.00 e. The first kappa shape index (κ1) is 33.3. The van der Waals surface area contributed by atoms with Crippen LogP contribution in [0.1, 0.15) is 128 Å². The van der Waals surface area contributed by atoms with Crippen LogP contribution in [0, 0.1) is 0 Å². The third-order valence-electron chi connectivity index (χ3n) is 6.99. The summed E-state index contributed by atoms with van der Waals surface area (Å²) in [4.78, 5) is -0.0922.